The van der Waals surface area contributed by atoms with E-state index in [2.05, 4.69) is 43.2 Å². The highest BCUT2D eigenvalue weighted by Crippen LogP contribution is 2.29. The number of ether oxygens (including phenoxy) is 1. The van der Waals surface area contributed by atoms with Gasteiger partial charge in [0.05, 0.1) is 17.3 Å². The van der Waals surface area contributed by atoms with Crippen molar-refractivity contribution < 1.29 is 9.53 Å². The smallest absolute Gasteiger partial charge is 0.264 e. The first-order chi connectivity index (χ1) is 13.0. The minimum atomic E-state index is -0.280. The summed E-state index contributed by atoms with van der Waals surface area (Å²) in [4.78, 5) is 16.6. The number of aromatic nitrogens is 1. The maximum atomic E-state index is 12.1. The summed E-state index contributed by atoms with van der Waals surface area (Å²) in [6.07, 6.45) is 0. The van der Waals surface area contributed by atoms with Gasteiger partial charge in [0.1, 0.15) is 5.75 Å². The maximum Gasteiger partial charge on any atom is 0.264 e. The summed E-state index contributed by atoms with van der Waals surface area (Å²) in [7, 11) is 0. The first-order valence-electron chi connectivity index (χ1n) is 8.43. The van der Waals surface area contributed by atoms with Gasteiger partial charge < -0.3 is 4.74 Å². The highest BCUT2D eigenvalue weighted by atomic mass is 32.1. The molecule has 0 fully saturated rings. The van der Waals surface area contributed by atoms with Crippen molar-refractivity contribution in [1.29, 1.82) is 5.26 Å². The summed E-state index contributed by atoms with van der Waals surface area (Å²) in [5.41, 5.74) is 6.09. The van der Waals surface area contributed by atoms with Gasteiger partial charge in [-0.1, -0.05) is 6.07 Å². The Labute approximate surface area is 162 Å². The number of rotatable bonds is 5. The third kappa shape index (κ3) is 4.52. The predicted molar refractivity (Wildman–Crippen MR) is 107 cm³/mol. The molecule has 0 aliphatic rings. The van der Waals surface area contributed by atoms with Gasteiger partial charge in [-0.2, -0.15) is 5.26 Å². The molecule has 1 heterocycles. The van der Waals surface area contributed by atoms with Crippen LogP contribution in [-0.4, -0.2) is 17.5 Å². The fraction of sp³-hybridized carbons (Fsp3) is 0.190. The topological polar surface area (TPSA) is 75.0 Å². The average molecular weight is 377 g/mol. The van der Waals surface area contributed by atoms with Crippen molar-refractivity contribution in [2.45, 2.75) is 20.8 Å². The lowest BCUT2D eigenvalue weighted by Crippen LogP contribution is -2.20. The minimum absolute atomic E-state index is 0.122. The standard InChI is InChI=1S/C21H19N3O2S/c1-13-8-15(3)18(9-14(13)2)19-12-27-21(23-19)24-20(25)11-26-17-6-4-16(10-22)5-7-17/h4-9,12H,11H2,1-3H3,(H,23,24,25). The molecule has 0 radical (unpaired) electrons. The fourth-order valence-corrected chi connectivity index (χ4v) is 3.35. The Balaban J connectivity index is 1.62. The van der Waals surface area contributed by atoms with Crippen LogP contribution in [-0.2, 0) is 4.79 Å². The van der Waals surface area contributed by atoms with Crippen molar-refractivity contribution >= 4 is 22.4 Å². The number of thiazole rings is 1. The fourth-order valence-electron chi connectivity index (χ4n) is 2.62. The van der Waals surface area contributed by atoms with E-state index in [0.29, 0.717) is 16.4 Å². The van der Waals surface area contributed by atoms with E-state index in [1.165, 1.54) is 22.5 Å². The monoisotopic (exact) mass is 377 g/mol. The van der Waals surface area contributed by atoms with Crippen LogP contribution in [0.25, 0.3) is 11.3 Å². The summed E-state index contributed by atoms with van der Waals surface area (Å²) >= 11 is 1.38. The van der Waals surface area contributed by atoms with Crippen molar-refractivity contribution in [1.82, 2.24) is 4.98 Å². The first kappa shape index (κ1) is 18.6. The Morgan fingerprint density at radius 2 is 1.85 bits per heavy atom. The lowest BCUT2D eigenvalue weighted by Gasteiger charge is -2.08. The van der Waals surface area contributed by atoms with E-state index >= 15 is 0 Å². The van der Waals surface area contributed by atoms with Crippen LogP contribution in [0.3, 0.4) is 0 Å². The number of hydrogen-bond acceptors (Lipinski definition) is 5. The van der Waals surface area contributed by atoms with Crippen molar-refractivity contribution in [3.05, 3.63) is 64.0 Å². The third-order valence-electron chi connectivity index (χ3n) is 4.22. The number of nitrogens with zero attached hydrogens (tertiary/aromatic N) is 2. The van der Waals surface area contributed by atoms with Crippen molar-refractivity contribution in [2.75, 3.05) is 11.9 Å². The molecule has 0 aliphatic carbocycles. The molecule has 1 aromatic heterocycles. The van der Waals surface area contributed by atoms with Crippen molar-refractivity contribution in [3.63, 3.8) is 0 Å². The van der Waals surface area contributed by atoms with E-state index < -0.39 is 0 Å². The molecule has 3 rings (SSSR count). The summed E-state index contributed by atoms with van der Waals surface area (Å²) in [5.74, 6) is 0.256. The molecule has 0 unspecified atom stereocenters. The average Bonchev–Trinajstić information content (AvgIpc) is 3.11. The zero-order chi connectivity index (χ0) is 19.4. The van der Waals surface area contributed by atoms with E-state index in [0.717, 1.165) is 16.8 Å². The molecule has 1 N–H and O–H groups in total. The zero-order valence-electron chi connectivity index (χ0n) is 15.4. The lowest BCUT2D eigenvalue weighted by atomic mass is 9.99. The van der Waals surface area contributed by atoms with Crippen LogP contribution in [0.4, 0.5) is 5.13 Å². The van der Waals surface area contributed by atoms with E-state index in [-0.39, 0.29) is 12.5 Å². The second kappa shape index (κ2) is 8.02. The normalized spacial score (nSPS) is 10.3. The Bertz CT molecular complexity index is 1020. The van der Waals surface area contributed by atoms with Gasteiger partial charge in [0, 0.05) is 10.9 Å². The predicted octanol–water partition coefficient (Wildman–Crippen LogP) is 4.62. The number of benzene rings is 2. The number of carbonyl (C=O) groups excluding carboxylic acids is 1. The van der Waals surface area contributed by atoms with E-state index in [1.807, 2.05) is 11.4 Å². The quantitative estimate of drug-likeness (QED) is 0.704. The van der Waals surface area contributed by atoms with Gasteiger partial charge in [0.15, 0.2) is 11.7 Å². The molecule has 0 spiro atoms. The molecule has 0 saturated heterocycles. The molecule has 27 heavy (non-hydrogen) atoms. The summed E-state index contributed by atoms with van der Waals surface area (Å²) in [5, 5.41) is 14.0. The SMILES string of the molecule is Cc1cc(C)c(-c2csc(NC(=O)COc3ccc(C#N)cc3)n2)cc1C. The number of hydrogen-bond donors (Lipinski definition) is 1. The van der Waals surface area contributed by atoms with Gasteiger partial charge >= 0.3 is 0 Å². The Morgan fingerprint density at radius 1 is 1.15 bits per heavy atom. The molecule has 1 amide bonds. The van der Waals surface area contributed by atoms with Gasteiger partial charge in [0.2, 0.25) is 0 Å². The zero-order valence-corrected chi connectivity index (χ0v) is 16.2. The molecule has 0 aliphatic heterocycles. The van der Waals surface area contributed by atoms with Crippen LogP contribution in [0.1, 0.15) is 22.3 Å². The van der Waals surface area contributed by atoms with Gasteiger partial charge in [-0.3, -0.25) is 10.1 Å². The van der Waals surface area contributed by atoms with Crippen molar-refractivity contribution in [3.8, 4) is 23.1 Å². The largest absolute Gasteiger partial charge is 0.484 e. The third-order valence-corrected chi connectivity index (χ3v) is 4.98. The van der Waals surface area contributed by atoms with Crippen LogP contribution in [0.5, 0.6) is 5.75 Å². The number of nitrogens with one attached hydrogen (secondary N) is 1. The molecular weight excluding hydrogens is 358 g/mol. The van der Waals surface area contributed by atoms with Gasteiger partial charge in [-0.25, -0.2) is 4.98 Å². The van der Waals surface area contributed by atoms with Crippen LogP contribution in [0.15, 0.2) is 41.8 Å². The Hall–Kier alpha value is -3.17. The molecule has 136 valence electrons. The van der Waals surface area contributed by atoms with Crippen LogP contribution < -0.4 is 10.1 Å². The summed E-state index contributed by atoms with van der Waals surface area (Å²) < 4.78 is 5.43. The number of carbonyl (C=O) groups is 1. The molecule has 2 aromatic carbocycles. The number of aryl methyl sites for hydroxylation is 3. The number of amides is 1. The molecule has 5 nitrogen and oxygen atoms in total. The number of nitriles is 1. The van der Waals surface area contributed by atoms with E-state index in [4.69, 9.17) is 10.00 Å². The summed E-state index contributed by atoms with van der Waals surface area (Å²) in [6, 6.07) is 12.9. The first-order valence-corrected chi connectivity index (χ1v) is 9.31. The van der Waals surface area contributed by atoms with Gasteiger partial charge in [0.25, 0.3) is 5.91 Å². The summed E-state index contributed by atoms with van der Waals surface area (Å²) in [6.45, 7) is 6.11. The minimum Gasteiger partial charge on any atom is -0.484 e. The lowest BCUT2D eigenvalue weighted by molar-refractivity contribution is -0.118. The number of anilines is 1. The van der Waals surface area contributed by atoms with E-state index in [1.54, 1.807) is 24.3 Å². The van der Waals surface area contributed by atoms with Crippen LogP contribution in [0.2, 0.25) is 0 Å². The molecule has 3 aromatic rings. The highest BCUT2D eigenvalue weighted by Gasteiger charge is 2.11. The maximum absolute atomic E-state index is 12.1. The molecule has 6 heteroatoms. The highest BCUT2D eigenvalue weighted by molar-refractivity contribution is 7.14. The molecule has 0 atom stereocenters. The van der Waals surface area contributed by atoms with Crippen LogP contribution in [0, 0.1) is 32.1 Å². The second-order valence-electron chi connectivity index (χ2n) is 6.26. The molecular formula is C21H19N3O2S. The molecule has 0 saturated carbocycles. The Kier molecular flexibility index (Phi) is 5.53. The Morgan fingerprint density at radius 3 is 2.56 bits per heavy atom. The van der Waals surface area contributed by atoms with Crippen LogP contribution >= 0.6 is 11.3 Å². The van der Waals surface area contributed by atoms with E-state index in [9.17, 15) is 4.79 Å². The molecule has 0 bridgehead atoms. The van der Waals surface area contributed by atoms with Gasteiger partial charge in [-0.05, 0) is 67.8 Å². The van der Waals surface area contributed by atoms with Gasteiger partial charge in [-0.15, -0.1) is 11.3 Å². The van der Waals surface area contributed by atoms with Crippen molar-refractivity contribution in [2.24, 2.45) is 0 Å². The second-order valence-corrected chi connectivity index (χ2v) is 7.12.